The van der Waals surface area contributed by atoms with Crippen LogP contribution in [0, 0.1) is 16.2 Å². The number of Topliss-reactive ketones (excluding diaryl/α,β-unsaturated/α-hetero) is 1. The molecule has 2 aliphatic carbocycles. The van der Waals surface area contributed by atoms with Crippen LogP contribution >= 0.6 is 0 Å². The SMILES string of the molecule is CN(C)C(=O)[C@@]12CC[C@](C)(C(=O)C1)C2(C)C. The zero-order chi connectivity index (χ0) is 12.4. The van der Waals surface area contributed by atoms with Gasteiger partial charge in [0.1, 0.15) is 5.78 Å². The molecule has 2 atom stereocenters. The predicted molar refractivity (Wildman–Crippen MR) is 61.9 cm³/mol. The highest BCUT2D eigenvalue weighted by molar-refractivity contribution is 5.99. The van der Waals surface area contributed by atoms with E-state index in [9.17, 15) is 9.59 Å². The van der Waals surface area contributed by atoms with Crippen LogP contribution in [-0.4, -0.2) is 30.7 Å². The number of carbonyl (C=O) groups excluding carboxylic acids is 2. The highest BCUT2D eigenvalue weighted by Crippen LogP contribution is 2.70. The van der Waals surface area contributed by atoms with E-state index >= 15 is 0 Å². The van der Waals surface area contributed by atoms with Crippen LogP contribution in [-0.2, 0) is 9.59 Å². The van der Waals surface area contributed by atoms with Gasteiger partial charge in [-0.15, -0.1) is 0 Å². The molecule has 0 aromatic heterocycles. The molecule has 0 heterocycles. The summed E-state index contributed by atoms with van der Waals surface area (Å²) in [6.45, 7) is 6.21. The molecule has 3 nitrogen and oxygen atoms in total. The Morgan fingerprint density at radius 3 is 2.06 bits per heavy atom. The van der Waals surface area contributed by atoms with Crippen LogP contribution in [0.4, 0.5) is 0 Å². The molecule has 2 rings (SSSR count). The van der Waals surface area contributed by atoms with Crippen LogP contribution < -0.4 is 0 Å². The van der Waals surface area contributed by atoms with Crippen molar-refractivity contribution in [2.75, 3.05) is 14.1 Å². The van der Waals surface area contributed by atoms with Gasteiger partial charge in [0, 0.05) is 25.9 Å². The summed E-state index contributed by atoms with van der Waals surface area (Å²) >= 11 is 0. The number of hydrogen-bond acceptors (Lipinski definition) is 2. The maximum Gasteiger partial charge on any atom is 0.229 e. The van der Waals surface area contributed by atoms with E-state index in [4.69, 9.17) is 0 Å². The third-order valence-electron chi connectivity index (χ3n) is 5.52. The highest BCUT2D eigenvalue weighted by atomic mass is 16.2. The molecule has 0 aliphatic heterocycles. The smallest absolute Gasteiger partial charge is 0.229 e. The Bertz CT molecular complexity index is 372. The fraction of sp³-hybridized carbons (Fsp3) is 0.846. The van der Waals surface area contributed by atoms with Crippen molar-refractivity contribution < 1.29 is 9.59 Å². The van der Waals surface area contributed by atoms with Gasteiger partial charge in [-0.25, -0.2) is 0 Å². The largest absolute Gasteiger partial charge is 0.348 e. The van der Waals surface area contributed by atoms with Gasteiger partial charge >= 0.3 is 0 Å². The topological polar surface area (TPSA) is 37.4 Å². The Morgan fingerprint density at radius 2 is 1.75 bits per heavy atom. The molecule has 0 aromatic carbocycles. The van der Waals surface area contributed by atoms with Gasteiger partial charge in [0.2, 0.25) is 5.91 Å². The first-order valence-corrected chi connectivity index (χ1v) is 5.94. The second kappa shape index (κ2) is 2.88. The number of ketones is 1. The zero-order valence-corrected chi connectivity index (χ0v) is 10.9. The van der Waals surface area contributed by atoms with Crippen molar-refractivity contribution in [3.63, 3.8) is 0 Å². The molecule has 2 bridgehead atoms. The molecule has 0 radical (unpaired) electrons. The number of amides is 1. The molecule has 2 saturated carbocycles. The van der Waals surface area contributed by atoms with Crippen molar-refractivity contribution in [1.82, 2.24) is 4.90 Å². The van der Waals surface area contributed by atoms with Crippen molar-refractivity contribution in [3.05, 3.63) is 0 Å². The fourth-order valence-electron chi connectivity index (χ4n) is 3.76. The van der Waals surface area contributed by atoms with Crippen molar-refractivity contribution in [2.24, 2.45) is 16.2 Å². The summed E-state index contributed by atoms with van der Waals surface area (Å²) in [7, 11) is 3.57. The second-order valence-corrected chi connectivity index (χ2v) is 6.34. The lowest BCUT2D eigenvalue weighted by Gasteiger charge is -2.40. The summed E-state index contributed by atoms with van der Waals surface area (Å²) in [4.78, 5) is 26.2. The lowest BCUT2D eigenvalue weighted by Crippen LogP contribution is -2.46. The quantitative estimate of drug-likeness (QED) is 0.680. The predicted octanol–water partition coefficient (Wildman–Crippen LogP) is 1.86. The van der Waals surface area contributed by atoms with E-state index in [2.05, 4.69) is 13.8 Å². The first kappa shape index (κ1) is 11.6. The van der Waals surface area contributed by atoms with E-state index in [0.717, 1.165) is 12.8 Å². The standard InChI is InChI=1S/C13H21NO2/c1-11(2)12(3)6-7-13(11,8-9(12)15)10(16)14(4)5/h6-8H2,1-5H3/t12-,13-/m1/s1. The maximum atomic E-state index is 12.4. The molecular formula is C13H21NO2. The highest BCUT2D eigenvalue weighted by Gasteiger charge is 2.72. The average molecular weight is 223 g/mol. The molecule has 1 amide bonds. The normalized spacial score (nSPS) is 40.2. The summed E-state index contributed by atoms with van der Waals surface area (Å²) in [5, 5.41) is 0. The van der Waals surface area contributed by atoms with Crippen LogP contribution in [0.3, 0.4) is 0 Å². The number of carbonyl (C=O) groups is 2. The van der Waals surface area contributed by atoms with Gasteiger partial charge in [0.05, 0.1) is 5.41 Å². The molecule has 0 spiro atoms. The molecule has 2 aliphatic rings. The van der Waals surface area contributed by atoms with Crippen LogP contribution in [0.15, 0.2) is 0 Å². The fourth-order valence-corrected chi connectivity index (χ4v) is 3.76. The lowest BCUT2D eigenvalue weighted by molar-refractivity contribution is -0.145. The summed E-state index contributed by atoms with van der Waals surface area (Å²) in [6, 6.07) is 0. The van der Waals surface area contributed by atoms with Gasteiger partial charge in [-0.3, -0.25) is 9.59 Å². The Morgan fingerprint density at radius 1 is 1.19 bits per heavy atom. The van der Waals surface area contributed by atoms with E-state index in [1.54, 1.807) is 19.0 Å². The van der Waals surface area contributed by atoms with Crippen LogP contribution in [0.1, 0.15) is 40.0 Å². The van der Waals surface area contributed by atoms with Crippen molar-refractivity contribution >= 4 is 11.7 Å². The minimum absolute atomic E-state index is 0.132. The molecule has 0 aromatic rings. The number of hydrogen-bond donors (Lipinski definition) is 0. The molecule has 16 heavy (non-hydrogen) atoms. The molecule has 90 valence electrons. The van der Waals surface area contributed by atoms with Gasteiger partial charge in [0.15, 0.2) is 0 Å². The minimum Gasteiger partial charge on any atom is -0.348 e. The second-order valence-electron chi connectivity index (χ2n) is 6.34. The number of rotatable bonds is 1. The minimum atomic E-state index is -0.442. The van der Waals surface area contributed by atoms with E-state index in [0.29, 0.717) is 6.42 Å². The van der Waals surface area contributed by atoms with Crippen LogP contribution in [0.2, 0.25) is 0 Å². The van der Waals surface area contributed by atoms with Crippen molar-refractivity contribution in [3.8, 4) is 0 Å². The van der Waals surface area contributed by atoms with Crippen molar-refractivity contribution in [1.29, 1.82) is 0 Å². The lowest BCUT2D eigenvalue weighted by atomic mass is 9.64. The monoisotopic (exact) mass is 223 g/mol. The Kier molecular flexibility index (Phi) is 2.09. The van der Waals surface area contributed by atoms with Crippen LogP contribution in [0.25, 0.3) is 0 Å². The number of fused-ring (bicyclic) bond motifs is 2. The Balaban J connectivity index is 2.52. The Hall–Kier alpha value is -0.860. The zero-order valence-electron chi connectivity index (χ0n) is 10.9. The third-order valence-corrected chi connectivity index (χ3v) is 5.52. The average Bonchev–Trinajstić information content (AvgIpc) is 2.46. The van der Waals surface area contributed by atoms with E-state index in [1.165, 1.54) is 0 Å². The first-order chi connectivity index (χ1) is 7.19. The van der Waals surface area contributed by atoms with E-state index < -0.39 is 5.41 Å². The number of nitrogens with zero attached hydrogens (tertiary/aromatic N) is 1. The third kappa shape index (κ3) is 0.950. The summed E-state index contributed by atoms with van der Waals surface area (Å²) in [5.41, 5.74) is -0.945. The van der Waals surface area contributed by atoms with Crippen molar-refractivity contribution in [2.45, 2.75) is 40.0 Å². The molecular weight excluding hydrogens is 202 g/mol. The van der Waals surface area contributed by atoms with Gasteiger partial charge in [-0.05, 0) is 18.3 Å². The molecule has 0 saturated heterocycles. The van der Waals surface area contributed by atoms with Gasteiger partial charge < -0.3 is 4.90 Å². The van der Waals surface area contributed by atoms with Gasteiger partial charge in [0.25, 0.3) is 0 Å². The molecule has 2 fully saturated rings. The summed E-state index contributed by atoms with van der Waals surface area (Å²) in [5.74, 6) is 0.408. The molecule has 0 N–H and O–H groups in total. The first-order valence-electron chi connectivity index (χ1n) is 5.94. The van der Waals surface area contributed by atoms with E-state index in [-0.39, 0.29) is 22.5 Å². The van der Waals surface area contributed by atoms with Crippen LogP contribution in [0.5, 0.6) is 0 Å². The van der Waals surface area contributed by atoms with Gasteiger partial charge in [-0.2, -0.15) is 0 Å². The summed E-state index contributed by atoms with van der Waals surface area (Å²) in [6.07, 6.45) is 2.16. The maximum absolute atomic E-state index is 12.4. The van der Waals surface area contributed by atoms with Gasteiger partial charge in [-0.1, -0.05) is 20.8 Å². The molecule has 0 unspecified atom stereocenters. The van der Waals surface area contributed by atoms with E-state index in [1.807, 2.05) is 6.92 Å². The Labute approximate surface area is 97.2 Å². The molecule has 3 heteroatoms. The summed E-state index contributed by atoms with van der Waals surface area (Å²) < 4.78 is 0.